The largest absolute Gasteiger partial charge is 0.315 e. The molecule has 2 heterocycles. The topological polar surface area (TPSA) is 50.2 Å². The highest BCUT2D eigenvalue weighted by Gasteiger charge is 2.21. The minimum Gasteiger partial charge on any atom is -0.315 e. The van der Waals surface area contributed by atoms with Crippen molar-refractivity contribution in [1.29, 1.82) is 0 Å². The fraction of sp³-hybridized carbons (Fsp3) is 0.412. The SMILES string of the molecule is CCN(C(=O)c1ccn(C2CCCNC2)n1)c1ccccc1. The van der Waals surface area contributed by atoms with Gasteiger partial charge >= 0.3 is 0 Å². The van der Waals surface area contributed by atoms with Crippen LogP contribution in [0.4, 0.5) is 5.69 Å². The first-order chi connectivity index (χ1) is 10.8. The molecule has 22 heavy (non-hydrogen) atoms. The van der Waals surface area contributed by atoms with E-state index < -0.39 is 0 Å². The Morgan fingerprint density at radius 3 is 2.86 bits per heavy atom. The summed E-state index contributed by atoms with van der Waals surface area (Å²) in [6.07, 6.45) is 4.18. The molecule has 1 atom stereocenters. The summed E-state index contributed by atoms with van der Waals surface area (Å²) in [5.74, 6) is -0.0452. The Balaban J connectivity index is 1.78. The second kappa shape index (κ2) is 6.75. The Bertz CT molecular complexity index is 617. The summed E-state index contributed by atoms with van der Waals surface area (Å²) in [5, 5.41) is 7.89. The fourth-order valence-electron chi connectivity index (χ4n) is 2.90. The highest BCUT2D eigenvalue weighted by atomic mass is 16.2. The van der Waals surface area contributed by atoms with Gasteiger partial charge in [-0.3, -0.25) is 9.48 Å². The molecule has 3 rings (SSSR count). The third kappa shape index (κ3) is 3.04. The van der Waals surface area contributed by atoms with Gasteiger partial charge in [0.25, 0.3) is 5.91 Å². The molecule has 1 aromatic heterocycles. The number of nitrogens with zero attached hydrogens (tertiary/aromatic N) is 3. The number of rotatable bonds is 4. The van der Waals surface area contributed by atoms with E-state index >= 15 is 0 Å². The highest BCUT2D eigenvalue weighted by Crippen LogP contribution is 2.18. The van der Waals surface area contributed by atoms with Crippen LogP contribution in [0.1, 0.15) is 36.3 Å². The van der Waals surface area contributed by atoms with Gasteiger partial charge in [0.15, 0.2) is 5.69 Å². The molecular formula is C17H22N4O. The van der Waals surface area contributed by atoms with Crippen molar-refractivity contribution in [2.75, 3.05) is 24.5 Å². The van der Waals surface area contributed by atoms with Crippen LogP contribution in [-0.4, -0.2) is 35.3 Å². The summed E-state index contributed by atoms with van der Waals surface area (Å²) < 4.78 is 1.93. The van der Waals surface area contributed by atoms with Gasteiger partial charge in [-0.1, -0.05) is 18.2 Å². The summed E-state index contributed by atoms with van der Waals surface area (Å²) in [6, 6.07) is 11.9. The minimum absolute atomic E-state index is 0.0452. The number of para-hydroxylation sites is 1. The van der Waals surface area contributed by atoms with E-state index in [1.165, 1.54) is 0 Å². The number of aromatic nitrogens is 2. The highest BCUT2D eigenvalue weighted by molar-refractivity contribution is 6.04. The van der Waals surface area contributed by atoms with E-state index in [1.807, 2.05) is 54.2 Å². The molecule has 1 N–H and O–H groups in total. The fourth-order valence-corrected chi connectivity index (χ4v) is 2.90. The number of anilines is 1. The molecule has 1 aromatic carbocycles. The van der Waals surface area contributed by atoms with Crippen LogP contribution < -0.4 is 10.2 Å². The molecule has 0 spiro atoms. The number of amides is 1. The number of nitrogens with one attached hydrogen (secondary N) is 1. The van der Waals surface area contributed by atoms with Gasteiger partial charge in [0, 0.05) is 25.0 Å². The van der Waals surface area contributed by atoms with E-state index in [4.69, 9.17) is 0 Å². The quantitative estimate of drug-likeness (QED) is 0.943. The van der Waals surface area contributed by atoms with Gasteiger partial charge in [-0.05, 0) is 44.5 Å². The van der Waals surface area contributed by atoms with E-state index in [-0.39, 0.29) is 5.91 Å². The standard InChI is InChI=1S/C17H22N4O/c1-2-20(14-7-4-3-5-8-14)17(22)16-10-12-21(19-16)15-9-6-11-18-13-15/h3-5,7-8,10,12,15,18H,2,6,9,11,13H2,1H3. The van der Waals surface area contributed by atoms with E-state index in [1.54, 1.807) is 4.90 Å². The molecule has 0 aliphatic carbocycles. The smallest absolute Gasteiger partial charge is 0.278 e. The molecule has 5 nitrogen and oxygen atoms in total. The summed E-state index contributed by atoms with van der Waals surface area (Å²) in [5.41, 5.74) is 1.42. The first kappa shape index (κ1) is 14.8. The van der Waals surface area contributed by atoms with Crippen molar-refractivity contribution < 1.29 is 4.79 Å². The maximum Gasteiger partial charge on any atom is 0.278 e. The molecule has 0 bridgehead atoms. The number of carbonyl (C=O) groups excluding carboxylic acids is 1. The first-order valence-corrected chi connectivity index (χ1v) is 7.92. The van der Waals surface area contributed by atoms with E-state index in [9.17, 15) is 4.79 Å². The summed E-state index contributed by atoms with van der Waals surface area (Å²) in [6.45, 7) is 4.60. The molecule has 1 saturated heterocycles. The second-order valence-electron chi connectivity index (χ2n) is 5.57. The molecular weight excluding hydrogens is 276 g/mol. The zero-order valence-corrected chi connectivity index (χ0v) is 12.9. The van der Waals surface area contributed by atoms with Gasteiger partial charge in [0.05, 0.1) is 6.04 Å². The van der Waals surface area contributed by atoms with Gasteiger partial charge in [0.1, 0.15) is 0 Å². The number of benzene rings is 1. The van der Waals surface area contributed by atoms with Gasteiger partial charge in [0.2, 0.25) is 0 Å². The Morgan fingerprint density at radius 2 is 2.18 bits per heavy atom. The minimum atomic E-state index is -0.0452. The first-order valence-electron chi connectivity index (χ1n) is 7.92. The van der Waals surface area contributed by atoms with Crippen molar-refractivity contribution in [3.8, 4) is 0 Å². The predicted octanol–water partition coefficient (Wildman–Crippen LogP) is 2.47. The predicted molar refractivity (Wildman–Crippen MR) is 87.2 cm³/mol. The molecule has 1 unspecified atom stereocenters. The molecule has 2 aromatic rings. The lowest BCUT2D eigenvalue weighted by Gasteiger charge is -2.23. The van der Waals surface area contributed by atoms with Crippen LogP contribution in [0.2, 0.25) is 0 Å². The lowest BCUT2D eigenvalue weighted by atomic mass is 10.1. The molecule has 0 radical (unpaired) electrons. The molecule has 5 heteroatoms. The van der Waals surface area contributed by atoms with Crippen LogP contribution in [0, 0.1) is 0 Å². The number of piperidine rings is 1. The van der Waals surface area contributed by atoms with Crippen LogP contribution in [-0.2, 0) is 0 Å². The van der Waals surface area contributed by atoms with Crippen molar-refractivity contribution in [1.82, 2.24) is 15.1 Å². The number of hydrogen-bond acceptors (Lipinski definition) is 3. The Kier molecular flexibility index (Phi) is 4.53. The van der Waals surface area contributed by atoms with Crippen molar-refractivity contribution in [3.05, 3.63) is 48.3 Å². The van der Waals surface area contributed by atoms with Crippen LogP contribution in [0.3, 0.4) is 0 Å². The summed E-state index contributed by atoms with van der Waals surface area (Å²) in [4.78, 5) is 14.5. The molecule has 1 aliphatic rings. The maximum absolute atomic E-state index is 12.7. The molecule has 116 valence electrons. The third-order valence-corrected chi connectivity index (χ3v) is 4.10. The summed E-state index contributed by atoms with van der Waals surface area (Å²) >= 11 is 0. The van der Waals surface area contributed by atoms with Crippen molar-refractivity contribution in [2.24, 2.45) is 0 Å². The second-order valence-corrected chi connectivity index (χ2v) is 5.57. The van der Waals surface area contributed by atoms with Crippen molar-refractivity contribution in [3.63, 3.8) is 0 Å². The monoisotopic (exact) mass is 298 g/mol. The van der Waals surface area contributed by atoms with Gasteiger partial charge in [-0.2, -0.15) is 5.10 Å². The van der Waals surface area contributed by atoms with Crippen molar-refractivity contribution in [2.45, 2.75) is 25.8 Å². The van der Waals surface area contributed by atoms with E-state index in [0.717, 1.165) is 31.6 Å². The molecule has 1 fully saturated rings. The number of hydrogen-bond donors (Lipinski definition) is 1. The average Bonchev–Trinajstić information content (AvgIpc) is 3.07. The molecule has 0 saturated carbocycles. The zero-order chi connectivity index (χ0) is 15.4. The van der Waals surface area contributed by atoms with Crippen molar-refractivity contribution >= 4 is 11.6 Å². The molecule has 1 aliphatic heterocycles. The average molecular weight is 298 g/mol. The van der Waals surface area contributed by atoms with Crippen LogP contribution in [0.5, 0.6) is 0 Å². The van der Waals surface area contributed by atoms with Crippen LogP contribution in [0.25, 0.3) is 0 Å². The zero-order valence-electron chi connectivity index (χ0n) is 12.9. The lowest BCUT2D eigenvalue weighted by molar-refractivity contribution is 0.0982. The van der Waals surface area contributed by atoms with Gasteiger partial charge < -0.3 is 10.2 Å². The van der Waals surface area contributed by atoms with Crippen LogP contribution in [0.15, 0.2) is 42.6 Å². The summed E-state index contributed by atoms with van der Waals surface area (Å²) in [7, 11) is 0. The normalized spacial score (nSPS) is 18.1. The maximum atomic E-state index is 12.7. The lowest BCUT2D eigenvalue weighted by Crippen LogP contribution is -2.33. The number of carbonyl (C=O) groups is 1. The van der Waals surface area contributed by atoms with Gasteiger partial charge in [-0.25, -0.2) is 0 Å². The Hall–Kier alpha value is -2.14. The van der Waals surface area contributed by atoms with Gasteiger partial charge in [-0.15, -0.1) is 0 Å². The van der Waals surface area contributed by atoms with E-state index in [2.05, 4.69) is 10.4 Å². The third-order valence-electron chi connectivity index (χ3n) is 4.10. The Morgan fingerprint density at radius 1 is 1.36 bits per heavy atom. The Labute approximate surface area is 130 Å². The van der Waals surface area contributed by atoms with Crippen LogP contribution >= 0.6 is 0 Å². The van der Waals surface area contributed by atoms with E-state index in [0.29, 0.717) is 18.3 Å². The molecule has 1 amide bonds.